The molecule has 0 atom stereocenters. The van der Waals surface area contributed by atoms with Crippen molar-refractivity contribution in [1.82, 2.24) is 0 Å². The van der Waals surface area contributed by atoms with Gasteiger partial charge in [-0.2, -0.15) is 0 Å². The minimum Gasteiger partial charge on any atom is -0.507 e. The maximum atomic E-state index is 11.7. The van der Waals surface area contributed by atoms with E-state index < -0.39 is 0 Å². The van der Waals surface area contributed by atoms with Gasteiger partial charge in [0.25, 0.3) is 0 Å². The first-order valence-corrected chi connectivity index (χ1v) is 13.9. The van der Waals surface area contributed by atoms with Crippen molar-refractivity contribution in [3.05, 3.63) is 57.6 Å². The summed E-state index contributed by atoms with van der Waals surface area (Å²) in [4.78, 5) is 0. The van der Waals surface area contributed by atoms with Gasteiger partial charge in [0.2, 0.25) is 0 Å². The normalized spacial score (nSPS) is 19.9. The lowest BCUT2D eigenvalue weighted by Gasteiger charge is -2.37. The van der Waals surface area contributed by atoms with E-state index in [0.717, 1.165) is 60.8 Å². The molecule has 2 aliphatic carbocycles. The zero-order valence-corrected chi connectivity index (χ0v) is 22.3. The molecule has 2 aromatic rings. The predicted molar refractivity (Wildman–Crippen MR) is 143 cm³/mol. The second kappa shape index (κ2) is 9.96. The summed E-state index contributed by atoms with van der Waals surface area (Å²) >= 11 is 0. The van der Waals surface area contributed by atoms with Gasteiger partial charge < -0.3 is 10.2 Å². The maximum Gasteiger partial charge on any atom is 0.123 e. The van der Waals surface area contributed by atoms with Crippen LogP contribution in [0.4, 0.5) is 0 Å². The lowest BCUT2D eigenvalue weighted by molar-refractivity contribution is 0.305. The van der Waals surface area contributed by atoms with Crippen LogP contribution < -0.4 is 0 Å². The van der Waals surface area contributed by atoms with Crippen molar-refractivity contribution < 1.29 is 10.2 Å². The Morgan fingerprint density at radius 3 is 1.41 bits per heavy atom. The second-order valence-corrected chi connectivity index (χ2v) is 12.1. The molecule has 0 aliphatic heterocycles. The summed E-state index contributed by atoms with van der Waals surface area (Å²) in [6.45, 7) is 11.2. The SMILES string of the molecule is CCCC(c1cc(C)cc(C2(C)CCCCC2)c1O)c1cc(C)cc(C2(C)CCCCC2)c1O. The first kappa shape index (κ1) is 25.1. The van der Waals surface area contributed by atoms with E-state index in [2.05, 4.69) is 58.9 Å². The molecule has 0 aromatic heterocycles. The summed E-state index contributed by atoms with van der Waals surface area (Å²) in [6.07, 6.45) is 14.0. The predicted octanol–water partition coefficient (Wildman–Crippen LogP) is 9.09. The number of phenols is 2. The number of hydrogen-bond acceptors (Lipinski definition) is 2. The van der Waals surface area contributed by atoms with Gasteiger partial charge in [-0.1, -0.05) is 101 Å². The number of aryl methyl sites for hydroxylation is 2. The van der Waals surface area contributed by atoms with Gasteiger partial charge in [-0.3, -0.25) is 0 Å². The zero-order chi connectivity index (χ0) is 24.5. The van der Waals surface area contributed by atoms with Crippen LogP contribution in [0.25, 0.3) is 0 Å². The lowest BCUT2D eigenvalue weighted by Crippen LogP contribution is -2.26. The Bertz CT molecular complexity index is 927. The third-order valence-electron chi connectivity index (χ3n) is 9.11. The molecule has 186 valence electrons. The quantitative estimate of drug-likeness (QED) is 0.449. The standard InChI is InChI=1S/C32H46O2/c1-6-13-24(25-18-22(2)20-27(29(25)33)31(4)14-9-7-10-15-31)26-19-23(3)21-28(30(26)34)32(5)16-11-8-12-17-32/h18-21,24,33-34H,6-17H2,1-5H3. The van der Waals surface area contributed by atoms with Crippen LogP contribution in [0.15, 0.2) is 24.3 Å². The van der Waals surface area contributed by atoms with Gasteiger partial charge >= 0.3 is 0 Å². The fourth-order valence-electron chi connectivity index (χ4n) is 7.04. The fourth-order valence-corrected chi connectivity index (χ4v) is 7.04. The minimum absolute atomic E-state index is 0.00156. The summed E-state index contributed by atoms with van der Waals surface area (Å²) in [5.74, 6) is 0.946. The van der Waals surface area contributed by atoms with E-state index in [-0.39, 0.29) is 16.7 Å². The third kappa shape index (κ3) is 4.75. The average Bonchev–Trinajstić information content (AvgIpc) is 2.81. The molecule has 2 aliphatic rings. The third-order valence-corrected chi connectivity index (χ3v) is 9.11. The maximum absolute atomic E-state index is 11.7. The molecule has 0 radical (unpaired) electrons. The van der Waals surface area contributed by atoms with Crippen molar-refractivity contribution in [3.63, 3.8) is 0 Å². The van der Waals surface area contributed by atoms with Crippen LogP contribution in [0.1, 0.15) is 137 Å². The number of hydrogen-bond donors (Lipinski definition) is 2. The Morgan fingerprint density at radius 1 is 0.676 bits per heavy atom. The van der Waals surface area contributed by atoms with Crippen LogP contribution in [0, 0.1) is 13.8 Å². The van der Waals surface area contributed by atoms with Crippen molar-refractivity contribution in [2.45, 2.75) is 128 Å². The highest BCUT2D eigenvalue weighted by atomic mass is 16.3. The molecule has 0 heterocycles. The van der Waals surface area contributed by atoms with Gasteiger partial charge in [0.05, 0.1) is 0 Å². The molecular formula is C32H46O2. The van der Waals surface area contributed by atoms with E-state index >= 15 is 0 Å². The van der Waals surface area contributed by atoms with Crippen LogP contribution in [0.3, 0.4) is 0 Å². The van der Waals surface area contributed by atoms with Crippen molar-refractivity contribution in [1.29, 1.82) is 0 Å². The lowest BCUT2D eigenvalue weighted by atomic mass is 9.68. The summed E-state index contributed by atoms with van der Waals surface area (Å²) in [6, 6.07) is 8.79. The van der Waals surface area contributed by atoms with E-state index in [0.29, 0.717) is 11.5 Å². The summed E-state index contributed by atoms with van der Waals surface area (Å²) in [7, 11) is 0. The zero-order valence-electron chi connectivity index (χ0n) is 22.3. The molecule has 2 N–H and O–H groups in total. The molecule has 2 fully saturated rings. The Morgan fingerprint density at radius 2 is 1.06 bits per heavy atom. The summed E-state index contributed by atoms with van der Waals surface area (Å²) in [5.41, 5.74) is 6.74. The Labute approximate surface area is 207 Å². The van der Waals surface area contributed by atoms with Gasteiger partial charge in [0, 0.05) is 28.2 Å². The van der Waals surface area contributed by atoms with Crippen LogP contribution in [0.2, 0.25) is 0 Å². The Hall–Kier alpha value is -1.96. The molecule has 4 rings (SSSR count). The van der Waals surface area contributed by atoms with Gasteiger partial charge in [-0.15, -0.1) is 0 Å². The van der Waals surface area contributed by atoms with Gasteiger partial charge in [-0.05, 0) is 56.8 Å². The molecule has 0 unspecified atom stereocenters. The minimum atomic E-state index is 0.00156. The smallest absolute Gasteiger partial charge is 0.123 e. The largest absolute Gasteiger partial charge is 0.507 e. The molecule has 0 spiro atoms. The van der Waals surface area contributed by atoms with Gasteiger partial charge in [0.1, 0.15) is 11.5 Å². The highest BCUT2D eigenvalue weighted by Gasteiger charge is 2.36. The van der Waals surface area contributed by atoms with E-state index in [1.54, 1.807) is 0 Å². The highest BCUT2D eigenvalue weighted by molar-refractivity contribution is 5.56. The molecule has 0 amide bonds. The van der Waals surface area contributed by atoms with Crippen LogP contribution >= 0.6 is 0 Å². The average molecular weight is 463 g/mol. The molecule has 2 aromatic carbocycles. The summed E-state index contributed by atoms with van der Waals surface area (Å²) in [5, 5.41) is 23.5. The number of rotatable bonds is 6. The first-order valence-electron chi connectivity index (χ1n) is 13.9. The highest BCUT2D eigenvalue weighted by Crippen LogP contribution is 2.50. The monoisotopic (exact) mass is 462 g/mol. The topological polar surface area (TPSA) is 40.5 Å². The molecule has 34 heavy (non-hydrogen) atoms. The number of benzene rings is 2. The Kier molecular flexibility index (Phi) is 7.36. The Balaban J connectivity index is 1.85. The molecule has 2 heteroatoms. The second-order valence-electron chi connectivity index (χ2n) is 12.1. The van der Waals surface area contributed by atoms with Gasteiger partial charge in [0.15, 0.2) is 0 Å². The molecule has 0 saturated heterocycles. The van der Waals surface area contributed by atoms with Crippen molar-refractivity contribution >= 4 is 0 Å². The summed E-state index contributed by atoms with van der Waals surface area (Å²) < 4.78 is 0. The van der Waals surface area contributed by atoms with Crippen LogP contribution in [0.5, 0.6) is 11.5 Å². The number of aromatic hydroxyl groups is 2. The van der Waals surface area contributed by atoms with E-state index in [4.69, 9.17) is 0 Å². The van der Waals surface area contributed by atoms with E-state index in [1.165, 1.54) is 49.7 Å². The first-order chi connectivity index (χ1) is 16.2. The van der Waals surface area contributed by atoms with Gasteiger partial charge in [-0.25, -0.2) is 0 Å². The van der Waals surface area contributed by atoms with Crippen LogP contribution in [-0.4, -0.2) is 10.2 Å². The van der Waals surface area contributed by atoms with Crippen molar-refractivity contribution in [3.8, 4) is 11.5 Å². The van der Waals surface area contributed by atoms with E-state index in [1.807, 2.05) is 0 Å². The fraction of sp³-hybridized carbons (Fsp3) is 0.625. The molecule has 2 saturated carbocycles. The molecule has 2 nitrogen and oxygen atoms in total. The van der Waals surface area contributed by atoms with Crippen molar-refractivity contribution in [2.24, 2.45) is 0 Å². The van der Waals surface area contributed by atoms with Crippen LogP contribution in [-0.2, 0) is 10.8 Å². The van der Waals surface area contributed by atoms with E-state index in [9.17, 15) is 10.2 Å². The molecule has 0 bridgehead atoms. The number of phenolic OH excluding ortho intramolecular Hbond substituents is 2. The molecular weight excluding hydrogens is 416 g/mol. The van der Waals surface area contributed by atoms with Crippen molar-refractivity contribution in [2.75, 3.05) is 0 Å².